The molecule has 0 saturated heterocycles. The molecule has 2 aromatic rings. The van der Waals surface area contributed by atoms with E-state index in [0.717, 1.165) is 17.5 Å². The minimum absolute atomic E-state index is 0.0531. The maximum absolute atomic E-state index is 8.34. The van der Waals surface area contributed by atoms with E-state index in [1.165, 1.54) is 22.3 Å². The van der Waals surface area contributed by atoms with Crippen molar-refractivity contribution in [1.82, 2.24) is 0 Å². The van der Waals surface area contributed by atoms with Crippen LogP contribution in [0.1, 0.15) is 52.7 Å². The van der Waals surface area contributed by atoms with Crippen molar-refractivity contribution < 1.29 is 2.74 Å². The first-order chi connectivity index (χ1) is 9.69. The zero-order valence-electron chi connectivity index (χ0n) is 14.2. The second-order valence-electron chi connectivity index (χ2n) is 6.35. The summed E-state index contributed by atoms with van der Waals surface area (Å²) < 4.78 is 16.7. The van der Waals surface area contributed by atoms with Gasteiger partial charge in [0, 0.05) is 2.74 Å². The van der Waals surface area contributed by atoms with Crippen LogP contribution < -0.4 is 0 Å². The highest BCUT2D eigenvalue weighted by molar-refractivity contribution is 5.78. The van der Waals surface area contributed by atoms with E-state index < -0.39 is 6.37 Å². The molecule has 0 atom stereocenters. The lowest BCUT2D eigenvalue weighted by atomic mass is 9.80. The number of rotatable bonds is 1. The Labute approximate surface area is 119 Å². The molecule has 0 heteroatoms. The van der Waals surface area contributed by atoms with Crippen molar-refractivity contribution in [3.05, 3.63) is 58.7 Å². The van der Waals surface area contributed by atoms with Crippen molar-refractivity contribution in [3.63, 3.8) is 0 Å². The summed E-state index contributed by atoms with van der Waals surface area (Å²) in [5.74, 6) is 0. The monoisotopic (exact) mass is 252 g/mol. The lowest BCUT2D eigenvalue weighted by Gasteiger charge is -2.25. The molecular weight excluding hydrogens is 228 g/mol. The summed E-state index contributed by atoms with van der Waals surface area (Å²) in [6, 6.07) is 12.7. The van der Waals surface area contributed by atoms with Crippen LogP contribution in [-0.2, 0) is 18.2 Å². The van der Waals surface area contributed by atoms with Gasteiger partial charge in [0.25, 0.3) is 0 Å². The molecule has 1 aliphatic rings. The van der Waals surface area contributed by atoms with Crippen molar-refractivity contribution >= 4 is 0 Å². The third-order valence-corrected chi connectivity index (χ3v) is 4.05. The van der Waals surface area contributed by atoms with Gasteiger partial charge in [-0.05, 0) is 51.6 Å². The summed E-state index contributed by atoms with van der Waals surface area (Å²) in [4.78, 5) is 0. The third-order valence-electron chi connectivity index (χ3n) is 4.05. The third kappa shape index (κ3) is 1.90. The summed E-state index contributed by atoms with van der Waals surface area (Å²) in [7, 11) is 0. The molecule has 2 aromatic carbocycles. The zero-order chi connectivity index (χ0) is 15.4. The highest BCUT2D eigenvalue weighted by Crippen LogP contribution is 2.41. The van der Waals surface area contributed by atoms with E-state index in [-0.39, 0.29) is 5.41 Å². The number of hydrogen-bond donors (Lipinski definition) is 0. The van der Waals surface area contributed by atoms with Gasteiger partial charge in [0.15, 0.2) is 0 Å². The van der Waals surface area contributed by atoms with Crippen molar-refractivity contribution in [2.75, 3.05) is 0 Å². The first-order valence-electron chi connectivity index (χ1n) is 7.95. The van der Waals surface area contributed by atoms with E-state index in [1.807, 2.05) is 0 Å². The Hall–Kier alpha value is -1.56. The maximum Gasteiger partial charge on any atom is 0.0313 e. The van der Waals surface area contributed by atoms with Crippen LogP contribution in [-0.4, -0.2) is 0 Å². The quantitative estimate of drug-likeness (QED) is 0.564. The first kappa shape index (κ1) is 10.3. The molecule has 0 bridgehead atoms. The summed E-state index contributed by atoms with van der Waals surface area (Å²) in [5.41, 5.74) is 6.92. The van der Waals surface area contributed by atoms with Gasteiger partial charge in [-0.3, -0.25) is 0 Å². The van der Waals surface area contributed by atoms with Crippen molar-refractivity contribution in [1.29, 1.82) is 0 Å². The minimum Gasteiger partial charge on any atom is -0.0619 e. The maximum atomic E-state index is 8.34. The van der Waals surface area contributed by atoms with E-state index in [0.29, 0.717) is 0 Å². The number of fused-ring (bicyclic) bond motifs is 3. The molecule has 0 aliphatic heterocycles. The predicted molar refractivity (Wildman–Crippen MR) is 82.8 cm³/mol. The van der Waals surface area contributed by atoms with Crippen LogP contribution in [0.3, 0.4) is 0 Å². The Kier molecular flexibility index (Phi) is 2.28. The molecule has 0 amide bonds. The van der Waals surface area contributed by atoms with Gasteiger partial charge in [-0.15, -0.1) is 0 Å². The Morgan fingerprint density at radius 3 is 2.47 bits per heavy atom. The molecule has 0 radical (unpaired) electrons. The Balaban J connectivity index is 2.31. The van der Waals surface area contributed by atoms with Crippen LogP contribution in [0.4, 0.5) is 0 Å². The van der Waals surface area contributed by atoms with Gasteiger partial charge >= 0.3 is 0 Å². The predicted octanol–water partition coefficient (Wildman–Crippen LogP) is 5.12. The van der Waals surface area contributed by atoms with E-state index in [9.17, 15) is 0 Å². The van der Waals surface area contributed by atoms with Crippen LogP contribution in [0.2, 0.25) is 0 Å². The summed E-state index contributed by atoms with van der Waals surface area (Å²) >= 11 is 0. The second-order valence-corrected chi connectivity index (χ2v) is 6.35. The Bertz CT molecular complexity index is 700. The van der Waals surface area contributed by atoms with Gasteiger partial charge < -0.3 is 0 Å². The normalized spacial score (nSPS) is 15.6. The Morgan fingerprint density at radius 2 is 1.79 bits per heavy atom. The molecule has 0 aromatic heterocycles. The smallest absolute Gasteiger partial charge is 0.0313 e. The van der Waals surface area contributed by atoms with Crippen LogP contribution in [0, 0.1) is 0 Å². The molecule has 3 rings (SSSR count). The van der Waals surface area contributed by atoms with E-state index in [4.69, 9.17) is 2.74 Å². The van der Waals surface area contributed by atoms with E-state index in [2.05, 4.69) is 57.2 Å². The molecule has 1 aliphatic carbocycles. The fourth-order valence-corrected chi connectivity index (χ4v) is 3.12. The van der Waals surface area contributed by atoms with Gasteiger partial charge in [-0.25, -0.2) is 0 Å². The summed E-state index contributed by atoms with van der Waals surface area (Å²) in [6.45, 7) is 8.16. The van der Waals surface area contributed by atoms with Gasteiger partial charge in [0.2, 0.25) is 0 Å². The number of hydrogen-bond acceptors (Lipinski definition) is 0. The largest absolute Gasteiger partial charge is 0.0619 e. The number of benzene rings is 2. The van der Waals surface area contributed by atoms with Crippen molar-refractivity contribution in [3.8, 4) is 11.1 Å². The molecule has 98 valence electrons. The molecule has 0 fully saturated rings. The fourth-order valence-electron chi connectivity index (χ4n) is 3.12. The van der Waals surface area contributed by atoms with Crippen molar-refractivity contribution in [2.45, 2.75) is 45.9 Å². The minimum atomic E-state index is -1.32. The van der Waals surface area contributed by atoms with Crippen LogP contribution in [0.15, 0.2) is 36.4 Å². The van der Waals surface area contributed by atoms with Gasteiger partial charge in [0.1, 0.15) is 0 Å². The molecule has 0 saturated carbocycles. The zero-order valence-corrected chi connectivity index (χ0v) is 12.2. The van der Waals surface area contributed by atoms with Gasteiger partial charge in [-0.2, -0.15) is 0 Å². The topological polar surface area (TPSA) is 0 Å². The van der Waals surface area contributed by atoms with Crippen molar-refractivity contribution in [2.24, 2.45) is 0 Å². The average Bonchev–Trinajstić information content (AvgIpc) is 2.73. The second kappa shape index (κ2) is 4.23. The summed E-state index contributed by atoms with van der Waals surface area (Å²) in [5, 5.41) is 0. The Morgan fingerprint density at radius 1 is 1.05 bits per heavy atom. The van der Waals surface area contributed by atoms with Crippen LogP contribution in [0.25, 0.3) is 11.1 Å². The lowest BCUT2D eigenvalue weighted by molar-refractivity contribution is 0.582. The summed E-state index contributed by atoms with van der Waals surface area (Å²) in [6.07, 6.45) is -0.478. The van der Waals surface area contributed by atoms with Gasteiger partial charge in [-0.1, -0.05) is 64.1 Å². The van der Waals surface area contributed by atoms with Gasteiger partial charge in [0.05, 0.1) is 0 Å². The molecule has 0 nitrogen and oxygen atoms in total. The highest BCUT2D eigenvalue weighted by Gasteiger charge is 2.25. The van der Waals surface area contributed by atoms with Crippen LogP contribution in [0.5, 0.6) is 0 Å². The first-order valence-corrected chi connectivity index (χ1v) is 6.95. The molecular formula is C19H22. The highest BCUT2D eigenvalue weighted by atomic mass is 14.3. The van der Waals surface area contributed by atoms with E-state index in [1.54, 1.807) is 6.92 Å². The van der Waals surface area contributed by atoms with Crippen LogP contribution >= 0.6 is 0 Å². The van der Waals surface area contributed by atoms with E-state index >= 15 is 0 Å². The molecule has 0 heterocycles. The molecule has 19 heavy (non-hydrogen) atoms. The fraction of sp³-hybridized carbons (Fsp3) is 0.368. The lowest BCUT2D eigenvalue weighted by Crippen LogP contribution is -2.15. The molecule has 0 spiro atoms. The standard InChI is InChI=1S/C19H22/c1-5-14-17-12-13-8-6-7-9-15(13)16(17)10-11-18(14)19(2,3)4/h6-11H,5,12H2,1-4H3/i5D2. The molecule has 0 N–H and O–H groups in total. The average molecular weight is 252 g/mol. The molecule has 0 unspecified atom stereocenters. The SMILES string of the molecule is [2H]C([2H])(C)c1c(C(C)(C)C)ccc2c1Cc1ccccc1-2.